The highest BCUT2D eigenvalue weighted by atomic mass is 16.2. The Bertz CT molecular complexity index is 646. The number of carbonyl (C=O) groups is 3. The summed E-state index contributed by atoms with van der Waals surface area (Å²) in [5, 5.41) is 3.41. The Morgan fingerprint density at radius 3 is 2.56 bits per heavy atom. The zero-order chi connectivity index (χ0) is 18.4. The molecule has 0 unspecified atom stereocenters. The summed E-state index contributed by atoms with van der Waals surface area (Å²) in [6.45, 7) is 5.57. The first-order chi connectivity index (χ1) is 11.9. The van der Waals surface area contributed by atoms with Crippen molar-refractivity contribution in [1.82, 2.24) is 25.7 Å². The summed E-state index contributed by atoms with van der Waals surface area (Å²) >= 11 is 0. The second-order valence-corrected chi connectivity index (χ2v) is 6.55. The van der Waals surface area contributed by atoms with E-state index in [9.17, 15) is 14.4 Å². The first kappa shape index (κ1) is 18.8. The fourth-order valence-electron chi connectivity index (χ4n) is 2.71. The number of aromatic nitrogens is 2. The number of hydrogen-bond donors (Lipinski definition) is 2. The van der Waals surface area contributed by atoms with Gasteiger partial charge in [-0.05, 0) is 20.3 Å². The second kappa shape index (κ2) is 8.04. The summed E-state index contributed by atoms with van der Waals surface area (Å²) < 4.78 is 0. The van der Waals surface area contributed by atoms with Gasteiger partial charge in [0, 0.05) is 6.20 Å². The molecule has 1 aromatic rings. The van der Waals surface area contributed by atoms with Gasteiger partial charge in [0.15, 0.2) is 0 Å². The van der Waals surface area contributed by atoms with Crippen LogP contribution in [0.5, 0.6) is 0 Å². The highest BCUT2D eigenvalue weighted by Gasteiger charge is 2.48. The van der Waals surface area contributed by atoms with Crippen molar-refractivity contribution in [2.24, 2.45) is 0 Å². The van der Waals surface area contributed by atoms with Gasteiger partial charge >= 0.3 is 6.03 Å². The van der Waals surface area contributed by atoms with Crippen molar-refractivity contribution in [2.75, 3.05) is 0 Å². The van der Waals surface area contributed by atoms with Crippen LogP contribution < -0.4 is 10.7 Å². The minimum atomic E-state index is -0.991. The van der Waals surface area contributed by atoms with Crippen LogP contribution in [0.3, 0.4) is 0 Å². The van der Waals surface area contributed by atoms with Gasteiger partial charge in [-0.15, -0.1) is 0 Å². The van der Waals surface area contributed by atoms with Crippen molar-refractivity contribution >= 4 is 17.8 Å². The molecule has 1 fully saturated rings. The van der Waals surface area contributed by atoms with Crippen LogP contribution in [0.15, 0.2) is 12.4 Å². The summed E-state index contributed by atoms with van der Waals surface area (Å²) in [5.41, 5.74) is 2.03. The number of nitrogens with one attached hydrogen (secondary N) is 2. The first-order valence-electron chi connectivity index (χ1n) is 8.63. The molecule has 0 saturated carbocycles. The van der Waals surface area contributed by atoms with E-state index in [1.807, 2.05) is 0 Å². The zero-order valence-electron chi connectivity index (χ0n) is 15.0. The van der Waals surface area contributed by atoms with Gasteiger partial charge in [0.05, 0.1) is 11.9 Å². The lowest BCUT2D eigenvalue weighted by Crippen LogP contribution is -2.49. The van der Waals surface area contributed by atoms with Crippen LogP contribution in [0.1, 0.15) is 68.6 Å². The molecule has 2 N–H and O–H groups in total. The molecular formula is C17H25N5O3. The molecule has 1 aliphatic heterocycles. The third kappa shape index (κ3) is 4.52. The Labute approximate surface area is 147 Å². The predicted octanol–water partition coefficient (Wildman–Crippen LogP) is 2.10. The first-order valence-corrected chi connectivity index (χ1v) is 8.63. The van der Waals surface area contributed by atoms with Crippen molar-refractivity contribution in [3.8, 4) is 0 Å². The van der Waals surface area contributed by atoms with Gasteiger partial charge in [0.1, 0.15) is 11.2 Å². The van der Waals surface area contributed by atoms with Crippen LogP contribution in [-0.4, -0.2) is 38.4 Å². The third-order valence-electron chi connectivity index (χ3n) is 4.27. The molecule has 0 aromatic carbocycles. The molecule has 0 spiro atoms. The summed E-state index contributed by atoms with van der Waals surface area (Å²) in [7, 11) is 0. The molecule has 1 aliphatic rings. The molecule has 0 aliphatic carbocycles. The quantitative estimate of drug-likeness (QED) is 0.553. The van der Waals surface area contributed by atoms with Gasteiger partial charge in [-0.2, -0.15) is 5.01 Å². The molecule has 2 rings (SSSR count). The van der Waals surface area contributed by atoms with E-state index in [2.05, 4.69) is 27.6 Å². The smallest absolute Gasteiger partial charge is 0.322 e. The number of carbonyl (C=O) groups excluding carboxylic acids is 3. The number of nitrogens with zero attached hydrogens (tertiary/aromatic N) is 3. The van der Waals surface area contributed by atoms with Crippen LogP contribution in [-0.2, 0) is 4.79 Å². The molecular weight excluding hydrogens is 322 g/mol. The Kier molecular flexibility index (Phi) is 6.06. The number of rotatable bonds is 8. The van der Waals surface area contributed by atoms with Crippen molar-refractivity contribution < 1.29 is 14.4 Å². The van der Waals surface area contributed by atoms with E-state index in [0.29, 0.717) is 12.1 Å². The van der Waals surface area contributed by atoms with Crippen LogP contribution in [0.4, 0.5) is 4.79 Å². The number of hydrazine groups is 1. The normalized spacial score (nSPS) is 19.9. The maximum Gasteiger partial charge on any atom is 0.344 e. The predicted molar refractivity (Wildman–Crippen MR) is 91.4 cm³/mol. The zero-order valence-corrected chi connectivity index (χ0v) is 15.0. The lowest BCUT2D eigenvalue weighted by molar-refractivity contribution is -0.132. The number of urea groups is 1. The molecule has 8 nitrogen and oxygen atoms in total. The Balaban J connectivity index is 1.95. The highest BCUT2D eigenvalue weighted by molar-refractivity contribution is 6.08. The summed E-state index contributed by atoms with van der Waals surface area (Å²) in [6.07, 6.45) is 8.56. The molecule has 8 heteroatoms. The van der Waals surface area contributed by atoms with E-state index >= 15 is 0 Å². The molecule has 25 heavy (non-hydrogen) atoms. The molecule has 0 bridgehead atoms. The average Bonchev–Trinajstić information content (AvgIpc) is 2.79. The molecule has 2 heterocycles. The van der Waals surface area contributed by atoms with Crippen LogP contribution in [0.25, 0.3) is 0 Å². The summed E-state index contributed by atoms with van der Waals surface area (Å²) in [6, 6.07) is -0.630. The van der Waals surface area contributed by atoms with Gasteiger partial charge in [-0.3, -0.25) is 20.0 Å². The van der Waals surface area contributed by atoms with Crippen molar-refractivity contribution in [1.29, 1.82) is 0 Å². The lowest BCUT2D eigenvalue weighted by Gasteiger charge is -2.21. The lowest BCUT2D eigenvalue weighted by atomic mass is 9.94. The molecule has 0 radical (unpaired) electrons. The minimum absolute atomic E-state index is 0.0411. The SMILES string of the molecule is CCCCCCC[C@@]1(C)NC(=O)N(NC(=O)c2cnc(C)cn2)C1=O. The van der Waals surface area contributed by atoms with Crippen LogP contribution >= 0.6 is 0 Å². The molecule has 4 amide bonds. The number of unbranched alkanes of at least 4 members (excludes halogenated alkanes) is 4. The Morgan fingerprint density at radius 1 is 1.20 bits per heavy atom. The average molecular weight is 347 g/mol. The van der Waals surface area contributed by atoms with Gasteiger partial charge in [-0.1, -0.05) is 39.0 Å². The summed E-state index contributed by atoms with van der Waals surface area (Å²) in [5.74, 6) is -1.11. The fourth-order valence-corrected chi connectivity index (χ4v) is 2.71. The maximum atomic E-state index is 12.6. The summed E-state index contributed by atoms with van der Waals surface area (Å²) in [4.78, 5) is 44.7. The molecule has 1 atom stereocenters. The van der Waals surface area contributed by atoms with Crippen LogP contribution in [0, 0.1) is 6.92 Å². The minimum Gasteiger partial charge on any atom is -0.322 e. The maximum absolute atomic E-state index is 12.6. The number of hydrogen-bond acceptors (Lipinski definition) is 5. The van der Waals surface area contributed by atoms with E-state index in [0.717, 1.165) is 37.1 Å². The largest absolute Gasteiger partial charge is 0.344 e. The number of imide groups is 1. The van der Waals surface area contributed by atoms with Gasteiger partial charge < -0.3 is 5.32 Å². The Hall–Kier alpha value is -2.51. The van der Waals surface area contributed by atoms with Crippen LogP contribution in [0.2, 0.25) is 0 Å². The van der Waals surface area contributed by atoms with Gasteiger partial charge in [-0.25, -0.2) is 9.78 Å². The number of aryl methyl sites for hydroxylation is 1. The number of amides is 4. The van der Waals surface area contributed by atoms with E-state index in [1.165, 1.54) is 12.4 Å². The monoisotopic (exact) mass is 347 g/mol. The fraction of sp³-hybridized carbons (Fsp3) is 0.588. The van der Waals surface area contributed by atoms with E-state index < -0.39 is 23.4 Å². The topological polar surface area (TPSA) is 104 Å². The highest BCUT2D eigenvalue weighted by Crippen LogP contribution is 2.23. The van der Waals surface area contributed by atoms with Crippen molar-refractivity contribution in [3.63, 3.8) is 0 Å². The third-order valence-corrected chi connectivity index (χ3v) is 4.27. The molecule has 1 aromatic heterocycles. The van der Waals surface area contributed by atoms with Gasteiger partial charge in [0.25, 0.3) is 11.8 Å². The molecule has 136 valence electrons. The van der Waals surface area contributed by atoms with Gasteiger partial charge in [0.2, 0.25) is 0 Å². The van der Waals surface area contributed by atoms with E-state index in [1.54, 1.807) is 13.8 Å². The van der Waals surface area contributed by atoms with E-state index in [4.69, 9.17) is 0 Å². The van der Waals surface area contributed by atoms with E-state index in [-0.39, 0.29) is 5.69 Å². The van der Waals surface area contributed by atoms with Crippen molar-refractivity contribution in [3.05, 3.63) is 23.8 Å². The molecule has 1 saturated heterocycles. The second-order valence-electron chi connectivity index (χ2n) is 6.55. The Morgan fingerprint density at radius 2 is 1.92 bits per heavy atom. The standard InChI is InChI=1S/C17H25N5O3/c1-4-5-6-7-8-9-17(3)15(24)22(16(25)20-17)21-14(23)13-11-18-12(2)10-19-13/h10-11H,4-9H2,1-3H3,(H,20,25)(H,21,23)/t17-/m1/s1. The van der Waals surface area contributed by atoms with Crippen molar-refractivity contribution in [2.45, 2.75) is 64.8 Å².